The highest BCUT2D eigenvalue weighted by atomic mass is 16.5. The van der Waals surface area contributed by atoms with E-state index in [1.165, 1.54) is 0 Å². The number of carbonyl (C=O) groups excluding carboxylic acids is 3. The van der Waals surface area contributed by atoms with Gasteiger partial charge in [0, 0.05) is 48.4 Å². The van der Waals surface area contributed by atoms with Crippen molar-refractivity contribution in [2.45, 2.75) is 43.1 Å². The average Bonchev–Trinajstić information content (AvgIpc) is 3.28. The minimum absolute atomic E-state index is 0.0149. The largest absolute Gasteiger partial charge is 0.378 e. The summed E-state index contributed by atoms with van der Waals surface area (Å²) in [5, 5.41) is 5.16. The van der Waals surface area contributed by atoms with Crippen LogP contribution in [0.15, 0.2) is 72.8 Å². The van der Waals surface area contributed by atoms with Crippen LogP contribution in [0.25, 0.3) is 10.8 Å². The molecule has 1 aliphatic heterocycles. The molecule has 9 nitrogen and oxygen atoms in total. The number of nitrogens with zero attached hydrogens (tertiary/aromatic N) is 2. The molecule has 1 saturated carbocycles. The van der Waals surface area contributed by atoms with E-state index in [2.05, 4.69) is 35.0 Å². The minimum atomic E-state index is -0.618. The van der Waals surface area contributed by atoms with Crippen molar-refractivity contribution in [3.8, 4) is 0 Å². The Labute approximate surface area is 240 Å². The van der Waals surface area contributed by atoms with Crippen molar-refractivity contribution in [1.29, 1.82) is 0 Å². The first-order chi connectivity index (χ1) is 19.6. The van der Waals surface area contributed by atoms with Crippen molar-refractivity contribution in [3.05, 3.63) is 95.1 Å². The fourth-order valence-electron chi connectivity index (χ4n) is 6.41. The van der Waals surface area contributed by atoms with Crippen molar-refractivity contribution < 1.29 is 19.1 Å². The molecule has 0 bridgehead atoms. The number of rotatable bonds is 8. The number of fused-ring (bicyclic) bond motifs is 3. The third kappa shape index (κ3) is 5.36. The summed E-state index contributed by atoms with van der Waals surface area (Å²) in [6, 6.07) is 18.4. The average molecular weight is 556 g/mol. The Hall–Kier alpha value is -4.05. The van der Waals surface area contributed by atoms with E-state index >= 15 is 0 Å². The third-order valence-corrected chi connectivity index (χ3v) is 8.50. The molecule has 0 spiro atoms. The molecule has 0 unspecified atom stereocenters. The van der Waals surface area contributed by atoms with Gasteiger partial charge in [-0.15, -0.1) is 0 Å². The van der Waals surface area contributed by atoms with Gasteiger partial charge in [0.25, 0.3) is 11.8 Å². The Kier molecular flexibility index (Phi) is 7.95. The lowest BCUT2D eigenvalue weighted by atomic mass is 9.72. The second-order valence-corrected chi connectivity index (χ2v) is 11.2. The highest BCUT2D eigenvalue weighted by Crippen LogP contribution is 2.39. The topological polar surface area (TPSA) is 131 Å². The van der Waals surface area contributed by atoms with Crippen LogP contribution in [0.2, 0.25) is 0 Å². The number of ether oxygens (including phenoxy) is 1. The number of nitrogens with two attached hydrogens (primary N) is 2. The number of nitrogens with one attached hydrogen (secondary N) is 1. The van der Waals surface area contributed by atoms with Gasteiger partial charge in [0.05, 0.1) is 18.7 Å². The monoisotopic (exact) mass is 555 g/mol. The molecular weight excluding hydrogens is 518 g/mol. The molecule has 0 aromatic heterocycles. The predicted molar refractivity (Wildman–Crippen MR) is 158 cm³/mol. The summed E-state index contributed by atoms with van der Waals surface area (Å²) in [5.41, 5.74) is 15.5. The molecule has 9 heteroatoms. The van der Waals surface area contributed by atoms with Gasteiger partial charge in [-0.3, -0.25) is 14.4 Å². The summed E-state index contributed by atoms with van der Waals surface area (Å²) in [6.45, 7) is 4.17. The molecule has 214 valence electrons. The smallest absolute Gasteiger partial charge is 0.254 e. The number of benzene rings is 3. The molecule has 3 amide bonds. The lowest BCUT2D eigenvalue weighted by Gasteiger charge is -2.48. The lowest BCUT2D eigenvalue weighted by Crippen LogP contribution is -2.65. The van der Waals surface area contributed by atoms with Gasteiger partial charge in [-0.25, -0.2) is 0 Å². The van der Waals surface area contributed by atoms with Gasteiger partial charge in [0.1, 0.15) is 0 Å². The molecule has 0 radical (unpaired) electrons. The Balaban J connectivity index is 1.51. The summed E-state index contributed by atoms with van der Waals surface area (Å²) in [4.78, 5) is 41.6. The van der Waals surface area contributed by atoms with Crippen LogP contribution in [0, 0.1) is 0 Å². The molecule has 0 saturated heterocycles. The number of methoxy groups -OCH3 is 1. The fourth-order valence-corrected chi connectivity index (χ4v) is 6.41. The van der Waals surface area contributed by atoms with Gasteiger partial charge in [0.15, 0.2) is 0 Å². The predicted octanol–water partition coefficient (Wildman–Crippen LogP) is 2.40. The van der Waals surface area contributed by atoms with Gasteiger partial charge in [-0.05, 0) is 60.6 Å². The molecular formula is C32H37N5O4. The second-order valence-electron chi connectivity index (χ2n) is 11.2. The Bertz CT molecular complexity index is 1500. The molecule has 3 aromatic rings. The maximum Gasteiger partial charge on any atom is 0.254 e. The number of primary amides is 1. The number of likely N-dealkylation sites (N-methyl/N-ethyl adjacent to an activating group) is 1. The van der Waals surface area contributed by atoms with Crippen LogP contribution in [0.3, 0.4) is 0 Å². The van der Waals surface area contributed by atoms with E-state index < -0.39 is 11.9 Å². The zero-order chi connectivity index (χ0) is 29.4. The molecule has 1 fully saturated rings. The van der Waals surface area contributed by atoms with E-state index in [1.807, 2.05) is 44.4 Å². The maximum absolute atomic E-state index is 13.2. The molecule has 1 aliphatic carbocycles. The van der Waals surface area contributed by atoms with E-state index in [0.717, 1.165) is 21.9 Å². The summed E-state index contributed by atoms with van der Waals surface area (Å²) in [6.07, 6.45) is 0.283. The number of hydrogen-bond donors (Lipinski definition) is 3. The van der Waals surface area contributed by atoms with Crippen molar-refractivity contribution in [2.75, 3.05) is 27.7 Å². The van der Waals surface area contributed by atoms with Crippen molar-refractivity contribution in [2.24, 2.45) is 11.5 Å². The van der Waals surface area contributed by atoms with E-state index in [9.17, 15) is 14.4 Å². The standard InChI is InChI=1S/C32H37N5O4/c1-18(30(34)38)16-37-17-25-22(32(37)40)13-12-19-10-11-21(14-23(19)25)24-15-26(27(33)29(41-4)28(24)36(2)3)35-31(39)20-8-6-5-7-9-20/h5-14,24,26-29H,1,15-17,33H2,2-4H3,(H2,34,38)(H,35,39)/t24-,26-,27-,28-,29-/m0/s1. The first kappa shape index (κ1) is 28.5. The first-order valence-electron chi connectivity index (χ1n) is 13.7. The Morgan fingerprint density at radius 1 is 1.12 bits per heavy atom. The summed E-state index contributed by atoms with van der Waals surface area (Å²) >= 11 is 0. The zero-order valence-corrected chi connectivity index (χ0v) is 23.7. The van der Waals surface area contributed by atoms with Gasteiger partial charge in [-0.2, -0.15) is 0 Å². The molecule has 5 N–H and O–H groups in total. The van der Waals surface area contributed by atoms with Gasteiger partial charge >= 0.3 is 0 Å². The van der Waals surface area contributed by atoms with E-state index in [4.69, 9.17) is 16.2 Å². The van der Waals surface area contributed by atoms with E-state index in [0.29, 0.717) is 24.1 Å². The molecule has 5 rings (SSSR count). The number of carbonyl (C=O) groups is 3. The van der Waals surface area contributed by atoms with Gasteiger partial charge in [0.2, 0.25) is 5.91 Å². The van der Waals surface area contributed by atoms with Crippen molar-refractivity contribution >= 4 is 28.5 Å². The van der Waals surface area contributed by atoms with E-state index in [1.54, 1.807) is 24.1 Å². The van der Waals surface area contributed by atoms with Crippen LogP contribution in [0.5, 0.6) is 0 Å². The molecule has 41 heavy (non-hydrogen) atoms. The van der Waals surface area contributed by atoms with Crippen LogP contribution in [-0.4, -0.2) is 79.5 Å². The highest BCUT2D eigenvalue weighted by Gasteiger charge is 2.46. The second kappa shape index (κ2) is 11.4. The van der Waals surface area contributed by atoms with Crippen LogP contribution >= 0.6 is 0 Å². The maximum atomic E-state index is 13.2. The quantitative estimate of drug-likeness (QED) is 0.366. The third-order valence-electron chi connectivity index (χ3n) is 8.50. The van der Waals surface area contributed by atoms with Crippen molar-refractivity contribution in [3.63, 3.8) is 0 Å². The minimum Gasteiger partial charge on any atom is -0.378 e. The van der Waals surface area contributed by atoms with Crippen LogP contribution < -0.4 is 16.8 Å². The molecule has 5 atom stereocenters. The Morgan fingerprint density at radius 2 is 1.83 bits per heavy atom. The van der Waals surface area contributed by atoms with Crippen molar-refractivity contribution in [1.82, 2.24) is 15.1 Å². The number of hydrogen-bond acceptors (Lipinski definition) is 6. The number of amides is 3. The molecule has 2 aliphatic rings. The van der Waals surface area contributed by atoms with Crippen LogP contribution in [0.4, 0.5) is 0 Å². The van der Waals surface area contributed by atoms with Gasteiger partial charge < -0.3 is 31.3 Å². The van der Waals surface area contributed by atoms with E-state index in [-0.39, 0.29) is 48.0 Å². The first-order valence-corrected chi connectivity index (χ1v) is 13.7. The summed E-state index contributed by atoms with van der Waals surface area (Å²) in [7, 11) is 5.69. The Morgan fingerprint density at radius 3 is 2.49 bits per heavy atom. The molecule has 1 heterocycles. The summed E-state index contributed by atoms with van der Waals surface area (Å²) in [5.74, 6) is -0.949. The van der Waals surface area contributed by atoms with Crippen LogP contribution in [0.1, 0.15) is 44.2 Å². The van der Waals surface area contributed by atoms with Crippen LogP contribution in [-0.2, 0) is 16.1 Å². The van der Waals surface area contributed by atoms with Gasteiger partial charge in [-0.1, -0.05) is 49.0 Å². The zero-order valence-electron chi connectivity index (χ0n) is 23.7. The normalized spacial score (nSPS) is 24.0. The lowest BCUT2D eigenvalue weighted by molar-refractivity contribution is -0.114. The SMILES string of the molecule is C=C(CN1Cc2c(ccc3ccc([C@@H]4C[C@H](NC(=O)c5ccccc5)[C@H](N)[C@H](OC)[C@H]4N(C)C)cc23)C1=O)C(N)=O. The molecule has 3 aromatic carbocycles. The fraction of sp³-hybridized carbons (Fsp3) is 0.344. The summed E-state index contributed by atoms with van der Waals surface area (Å²) < 4.78 is 5.98. The highest BCUT2D eigenvalue weighted by molar-refractivity contribution is 6.05.